The molecule has 2 rings (SSSR count). The van der Waals surface area contributed by atoms with E-state index in [-0.39, 0.29) is 6.61 Å². The Morgan fingerprint density at radius 2 is 1.95 bits per heavy atom. The molecule has 0 spiro atoms. The molecule has 0 aromatic heterocycles. The molecule has 1 aromatic carbocycles. The van der Waals surface area contributed by atoms with Gasteiger partial charge < -0.3 is 15.6 Å². The maximum Gasteiger partial charge on any atom is 0.141 e. The molecule has 20 heavy (non-hydrogen) atoms. The monoisotopic (exact) mass is 279 g/mol. The number of nitrogens with two attached hydrogens (primary N) is 1. The topological polar surface area (TPSA) is 62.0 Å². The molecule has 5 nitrogen and oxygen atoms in total. The third kappa shape index (κ3) is 4.10. The van der Waals surface area contributed by atoms with Gasteiger partial charge in [0, 0.05) is 26.2 Å². The standard InChI is InChI=1S/C15H25N3O2/c1-20-15-4-3-13(11-14(15)16)12-18-6-2-5-17(7-8-18)9-10-19/h3-4,11,19H,2,5-10,12,16H2,1H3. The lowest BCUT2D eigenvalue weighted by atomic mass is 10.1. The molecule has 1 heterocycles. The molecule has 1 aromatic rings. The average Bonchev–Trinajstić information content (AvgIpc) is 2.65. The number of methoxy groups -OCH3 is 1. The lowest BCUT2D eigenvalue weighted by Gasteiger charge is -2.21. The number of nitrogens with zero attached hydrogens (tertiary/aromatic N) is 2. The van der Waals surface area contributed by atoms with E-state index in [1.165, 1.54) is 5.56 Å². The van der Waals surface area contributed by atoms with Crippen LogP contribution in [0.3, 0.4) is 0 Å². The smallest absolute Gasteiger partial charge is 0.141 e. The van der Waals surface area contributed by atoms with Crippen LogP contribution in [0.5, 0.6) is 5.75 Å². The second-order valence-electron chi connectivity index (χ2n) is 5.27. The van der Waals surface area contributed by atoms with Gasteiger partial charge in [-0.3, -0.25) is 9.80 Å². The predicted molar refractivity (Wildman–Crippen MR) is 80.8 cm³/mol. The molecule has 1 fully saturated rings. The van der Waals surface area contributed by atoms with E-state index < -0.39 is 0 Å². The summed E-state index contributed by atoms with van der Waals surface area (Å²) in [6.45, 7) is 6.16. The van der Waals surface area contributed by atoms with Crippen LogP contribution in [0, 0.1) is 0 Å². The minimum atomic E-state index is 0.245. The Labute approximate surface area is 120 Å². The molecule has 1 aliphatic rings. The first-order chi connectivity index (χ1) is 9.72. The van der Waals surface area contributed by atoms with Crippen LogP contribution in [0.15, 0.2) is 18.2 Å². The first kappa shape index (κ1) is 15.1. The third-order valence-corrected chi connectivity index (χ3v) is 3.80. The summed E-state index contributed by atoms with van der Waals surface area (Å²) in [5.41, 5.74) is 7.87. The number of aliphatic hydroxyl groups excluding tert-OH is 1. The van der Waals surface area contributed by atoms with Crippen molar-refractivity contribution in [1.82, 2.24) is 9.80 Å². The first-order valence-electron chi connectivity index (χ1n) is 7.21. The molecular weight excluding hydrogens is 254 g/mol. The molecular formula is C15H25N3O2. The van der Waals surface area contributed by atoms with Crippen LogP contribution in [-0.2, 0) is 6.54 Å². The van der Waals surface area contributed by atoms with E-state index in [4.69, 9.17) is 15.6 Å². The van der Waals surface area contributed by atoms with Crippen molar-refractivity contribution in [2.75, 3.05) is 52.2 Å². The van der Waals surface area contributed by atoms with Crippen molar-refractivity contribution in [3.63, 3.8) is 0 Å². The number of β-amino-alcohol motifs (C(OH)–C–C–N with tert-alkyl or cyclic N) is 1. The highest BCUT2D eigenvalue weighted by Crippen LogP contribution is 2.22. The second kappa shape index (κ2) is 7.47. The summed E-state index contributed by atoms with van der Waals surface area (Å²) >= 11 is 0. The van der Waals surface area contributed by atoms with Crippen molar-refractivity contribution >= 4 is 5.69 Å². The summed E-state index contributed by atoms with van der Waals surface area (Å²) in [6.07, 6.45) is 1.14. The molecule has 3 N–H and O–H groups in total. The Morgan fingerprint density at radius 1 is 1.20 bits per heavy atom. The zero-order chi connectivity index (χ0) is 14.4. The van der Waals surface area contributed by atoms with E-state index in [0.717, 1.165) is 51.4 Å². The van der Waals surface area contributed by atoms with Gasteiger partial charge in [-0.05, 0) is 37.2 Å². The molecule has 0 amide bonds. The van der Waals surface area contributed by atoms with Gasteiger partial charge in [-0.25, -0.2) is 0 Å². The van der Waals surface area contributed by atoms with E-state index in [9.17, 15) is 0 Å². The van der Waals surface area contributed by atoms with Gasteiger partial charge in [-0.15, -0.1) is 0 Å². The summed E-state index contributed by atoms with van der Waals surface area (Å²) in [6, 6.07) is 6.00. The van der Waals surface area contributed by atoms with Crippen LogP contribution in [0.1, 0.15) is 12.0 Å². The van der Waals surface area contributed by atoms with Crippen LogP contribution < -0.4 is 10.5 Å². The Balaban J connectivity index is 1.91. The maximum absolute atomic E-state index is 9.01. The third-order valence-electron chi connectivity index (χ3n) is 3.80. The van der Waals surface area contributed by atoms with Gasteiger partial charge in [-0.1, -0.05) is 6.07 Å². The Hall–Kier alpha value is -1.30. The highest BCUT2D eigenvalue weighted by Gasteiger charge is 2.14. The summed E-state index contributed by atoms with van der Waals surface area (Å²) < 4.78 is 5.18. The van der Waals surface area contributed by atoms with Crippen molar-refractivity contribution in [3.05, 3.63) is 23.8 Å². The van der Waals surface area contributed by atoms with Crippen LogP contribution in [-0.4, -0.2) is 61.3 Å². The van der Waals surface area contributed by atoms with Gasteiger partial charge in [0.1, 0.15) is 5.75 Å². The molecule has 0 unspecified atom stereocenters. The van der Waals surface area contributed by atoms with E-state index in [1.807, 2.05) is 12.1 Å². The fraction of sp³-hybridized carbons (Fsp3) is 0.600. The van der Waals surface area contributed by atoms with Crippen molar-refractivity contribution < 1.29 is 9.84 Å². The Bertz CT molecular complexity index is 426. The van der Waals surface area contributed by atoms with Crippen molar-refractivity contribution in [2.24, 2.45) is 0 Å². The van der Waals surface area contributed by atoms with Gasteiger partial charge in [0.2, 0.25) is 0 Å². The Kier molecular flexibility index (Phi) is 5.64. The molecule has 5 heteroatoms. The summed E-state index contributed by atoms with van der Waals surface area (Å²) in [5, 5.41) is 9.01. The van der Waals surface area contributed by atoms with E-state index in [0.29, 0.717) is 5.69 Å². The average molecular weight is 279 g/mol. The van der Waals surface area contributed by atoms with Crippen LogP contribution in [0.4, 0.5) is 5.69 Å². The van der Waals surface area contributed by atoms with E-state index in [1.54, 1.807) is 7.11 Å². The largest absolute Gasteiger partial charge is 0.495 e. The maximum atomic E-state index is 9.01. The zero-order valence-electron chi connectivity index (χ0n) is 12.2. The minimum absolute atomic E-state index is 0.245. The number of anilines is 1. The highest BCUT2D eigenvalue weighted by molar-refractivity contribution is 5.54. The SMILES string of the molecule is COc1ccc(CN2CCCN(CCO)CC2)cc1N. The fourth-order valence-electron chi connectivity index (χ4n) is 2.69. The predicted octanol–water partition coefficient (Wildman–Crippen LogP) is 0.777. The van der Waals surface area contributed by atoms with E-state index >= 15 is 0 Å². The zero-order valence-corrected chi connectivity index (χ0v) is 12.2. The van der Waals surface area contributed by atoms with Crippen LogP contribution >= 0.6 is 0 Å². The number of hydrogen-bond donors (Lipinski definition) is 2. The number of rotatable bonds is 5. The summed E-state index contributed by atoms with van der Waals surface area (Å²) in [4.78, 5) is 4.76. The van der Waals surface area contributed by atoms with Crippen molar-refractivity contribution in [3.8, 4) is 5.75 Å². The number of benzene rings is 1. The first-order valence-corrected chi connectivity index (χ1v) is 7.21. The quantitative estimate of drug-likeness (QED) is 0.780. The van der Waals surface area contributed by atoms with Gasteiger partial charge in [-0.2, -0.15) is 0 Å². The van der Waals surface area contributed by atoms with Gasteiger partial charge >= 0.3 is 0 Å². The number of ether oxygens (including phenoxy) is 1. The lowest BCUT2D eigenvalue weighted by Crippen LogP contribution is -2.32. The van der Waals surface area contributed by atoms with Gasteiger partial charge in [0.05, 0.1) is 19.4 Å². The molecule has 0 radical (unpaired) electrons. The van der Waals surface area contributed by atoms with Crippen molar-refractivity contribution in [2.45, 2.75) is 13.0 Å². The molecule has 0 atom stereocenters. The molecule has 1 saturated heterocycles. The molecule has 0 aliphatic carbocycles. The molecule has 0 saturated carbocycles. The number of hydrogen-bond acceptors (Lipinski definition) is 5. The minimum Gasteiger partial charge on any atom is -0.495 e. The Morgan fingerprint density at radius 3 is 2.65 bits per heavy atom. The van der Waals surface area contributed by atoms with Crippen LogP contribution in [0.2, 0.25) is 0 Å². The molecule has 1 aliphatic heterocycles. The van der Waals surface area contributed by atoms with Crippen LogP contribution in [0.25, 0.3) is 0 Å². The second-order valence-corrected chi connectivity index (χ2v) is 5.27. The lowest BCUT2D eigenvalue weighted by molar-refractivity contribution is 0.196. The van der Waals surface area contributed by atoms with E-state index in [2.05, 4.69) is 15.9 Å². The van der Waals surface area contributed by atoms with Crippen molar-refractivity contribution in [1.29, 1.82) is 0 Å². The molecule has 112 valence electrons. The van der Waals surface area contributed by atoms with Gasteiger partial charge in [0.15, 0.2) is 0 Å². The van der Waals surface area contributed by atoms with Gasteiger partial charge in [0.25, 0.3) is 0 Å². The summed E-state index contributed by atoms with van der Waals surface area (Å²) in [5.74, 6) is 0.735. The molecule has 0 bridgehead atoms. The number of nitrogen functional groups attached to an aromatic ring is 1. The fourth-order valence-corrected chi connectivity index (χ4v) is 2.69. The normalized spacial score (nSPS) is 17.9. The number of aliphatic hydroxyl groups is 1. The highest BCUT2D eigenvalue weighted by atomic mass is 16.5. The summed E-state index contributed by atoms with van der Waals surface area (Å²) in [7, 11) is 1.63.